The molecule has 3 nitrogen and oxygen atoms in total. The normalized spacial score (nSPS) is 35.4. The third-order valence-electron chi connectivity index (χ3n) is 5.98. The number of hydrogen-bond donors (Lipinski definition) is 0. The highest BCUT2D eigenvalue weighted by molar-refractivity contribution is 5.89. The number of rotatable bonds is 4. The molecule has 4 aliphatic carbocycles. The van der Waals surface area contributed by atoms with Crippen molar-refractivity contribution in [1.29, 1.82) is 0 Å². The van der Waals surface area contributed by atoms with Gasteiger partial charge >= 0.3 is 5.97 Å². The minimum Gasteiger partial charge on any atom is -0.497 e. The van der Waals surface area contributed by atoms with Crippen molar-refractivity contribution in [2.24, 2.45) is 23.2 Å². The SMILES string of the molecule is COc1cccc(C(=O)OCC23CC4CC(CC(C4)C2)C3)c1. The Hall–Kier alpha value is -1.51. The predicted molar refractivity (Wildman–Crippen MR) is 83.9 cm³/mol. The van der Waals surface area contributed by atoms with Gasteiger partial charge in [-0.25, -0.2) is 4.79 Å². The van der Waals surface area contributed by atoms with Crippen LogP contribution in [0.4, 0.5) is 0 Å². The largest absolute Gasteiger partial charge is 0.497 e. The maximum Gasteiger partial charge on any atom is 0.338 e. The molecule has 4 saturated carbocycles. The van der Waals surface area contributed by atoms with Crippen LogP contribution in [0.25, 0.3) is 0 Å². The van der Waals surface area contributed by atoms with E-state index in [0.717, 1.165) is 17.8 Å². The first kappa shape index (κ1) is 14.1. The summed E-state index contributed by atoms with van der Waals surface area (Å²) in [4.78, 5) is 12.3. The maximum atomic E-state index is 12.3. The topological polar surface area (TPSA) is 35.5 Å². The van der Waals surface area contributed by atoms with E-state index in [4.69, 9.17) is 9.47 Å². The molecule has 4 fully saturated rings. The number of carbonyl (C=O) groups is 1. The van der Waals surface area contributed by atoms with E-state index in [0.29, 0.717) is 17.9 Å². The third-order valence-corrected chi connectivity index (χ3v) is 5.98. The molecule has 0 atom stereocenters. The Morgan fingerprint density at radius 3 is 2.36 bits per heavy atom. The fourth-order valence-electron chi connectivity index (χ4n) is 5.52. The number of methoxy groups -OCH3 is 1. The van der Waals surface area contributed by atoms with Crippen LogP contribution in [0, 0.1) is 23.2 Å². The fraction of sp³-hybridized carbons (Fsp3) is 0.632. The molecule has 1 aromatic carbocycles. The Morgan fingerprint density at radius 2 is 1.77 bits per heavy atom. The van der Waals surface area contributed by atoms with Gasteiger partial charge in [-0.3, -0.25) is 0 Å². The van der Waals surface area contributed by atoms with E-state index in [1.165, 1.54) is 38.5 Å². The van der Waals surface area contributed by atoms with E-state index in [1.54, 1.807) is 19.2 Å². The Morgan fingerprint density at radius 1 is 1.14 bits per heavy atom. The highest BCUT2D eigenvalue weighted by Gasteiger charge is 2.51. The van der Waals surface area contributed by atoms with Gasteiger partial charge in [0.2, 0.25) is 0 Å². The van der Waals surface area contributed by atoms with Gasteiger partial charge in [0, 0.05) is 5.41 Å². The second-order valence-corrected chi connectivity index (χ2v) is 7.73. The molecule has 118 valence electrons. The lowest BCUT2D eigenvalue weighted by Crippen LogP contribution is -2.48. The van der Waals surface area contributed by atoms with E-state index in [9.17, 15) is 4.79 Å². The third kappa shape index (κ3) is 2.51. The van der Waals surface area contributed by atoms with Gasteiger partial charge in [-0.05, 0) is 74.5 Å². The van der Waals surface area contributed by atoms with Crippen LogP contribution in [0.3, 0.4) is 0 Å². The summed E-state index contributed by atoms with van der Waals surface area (Å²) in [5.41, 5.74) is 0.868. The first-order valence-electron chi connectivity index (χ1n) is 8.47. The predicted octanol–water partition coefficient (Wildman–Crippen LogP) is 4.07. The van der Waals surface area contributed by atoms with Crippen LogP contribution < -0.4 is 4.74 Å². The molecule has 0 aliphatic heterocycles. The number of hydrogen-bond acceptors (Lipinski definition) is 3. The first-order chi connectivity index (χ1) is 10.7. The molecule has 4 bridgehead atoms. The monoisotopic (exact) mass is 300 g/mol. The summed E-state index contributed by atoms with van der Waals surface area (Å²) in [6, 6.07) is 7.22. The molecule has 0 aromatic heterocycles. The van der Waals surface area contributed by atoms with Crippen molar-refractivity contribution in [3.05, 3.63) is 29.8 Å². The quantitative estimate of drug-likeness (QED) is 0.786. The lowest BCUT2D eigenvalue weighted by molar-refractivity contribution is -0.0848. The fourth-order valence-corrected chi connectivity index (χ4v) is 5.52. The molecule has 0 N–H and O–H groups in total. The first-order valence-corrected chi connectivity index (χ1v) is 8.47. The molecule has 0 spiro atoms. The average Bonchev–Trinajstić information content (AvgIpc) is 2.51. The zero-order valence-corrected chi connectivity index (χ0v) is 13.2. The van der Waals surface area contributed by atoms with Gasteiger partial charge in [0.15, 0.2) is 0 Å². The Labute approximate surface area is 132 Å². The van der Waals surface area contributed by atoms with E-state index in [-0.39, 0.29) is 11.4 Å². The second-order valence-electron chi connectivity index (χ2n) is 7.73. The van der Waals surface area contributed by atoms with E-state index in [1.807, 2.05) is 12.1 Å². The number of ether oxygens (including phenoxy) is 2. The minimum absolute atomic E-state index is 0.213. The van der Waals surface area contributed by atoms with Crippen LogP contribution in [-0.4, -0.2) is 19.7 Å². The molecule has 0 heterocycles. The molecule has 0 amide bonds. The van der Waals surface area contributed by atoms with Crippen LogP contribution in [0.5, 0.6) is 5.75 Å². The van der Waals surface area contributed by atoms with Gasteiger partial charge in [0.25, 0.3) is 0 Å². The summed E-state index contributed by atoms with van der Waals surface area (Å²) in [5.74, 6) is 3.16. The molecular formula is C19H24O3. The lowest BCUT2D eigenvalue weighted by Gasteiger charge is -2.56. The van der Waals surface area contributed by atoms with Crippen molar-refractivity contribution in [1.82, 2.24) is 0 Å². The van der Waals surface area contributed by atoms with Crippen LogP contribution >= 0.6 is 0 Å². The van der Waals surface area contributed by atoms with Crippen LogP contribution in [-0.2, 0) is 4.74 Å². The van der Waals surface area contributed by atoms with Gasteiger partial charge in [-0.1, -0.05) is 6.07 Å². The van der Waals surface area contributed by atoms with Crippen molar-refractivity contribution in [2.45, 2.75) is 38.5 Å². The van der Waals surface area contributed by atoms with E-state index >= 15 is 0 Å². The Balaban J connectivity index is 1.43. The molecule has 0 unspecified atom stereocenters. The smallest absolute Gasteiger partial charge is 0.338 e. The molecular weight excluding hydrogens is 276 g/mol. The van der Waals surface area contributed by atoms with Crippen molar-refractivity contribution in [2.75, 3.05) is 13.7 Å². The molecule has 0 radical (unpaired) electrons. The van der Waals surface area contributed by atoms with Crippen molar-refractivity contribution >= 4 is 5.97 Å². The summed E-state index contributed by atoms with van der Waals surface area (Å²) >= 11 is 0. The highest BCUT2D eigenvalue weighted by Crippen LogP contribution is 2.60. The van der Waals surface area contributed by atoms with E-state index < -0.39 is 0 Å². The van der Waals surface area contributed by atoms with Crippen LogP contribution in [0.1, 0.15) is 48.9 Å². The molecule has 0 saturated heterocycles. The number of carbonyl (C=O) groups excluding carboxylic acids is 1. The van der Waals surface area contributed by atoms with Crippen molar-refractivity contribution in [3.8, 4) is 5.75 Å². The zero-order chi connectivity index (χ0) is 15.2. The maximum absolute atomic E-state index is 12.3. The van der Waals surface area contributed by atoms with E-state index in [2.05, 4.69) is 0 Å². The van der Waals surface area contributed by atoms with Crippen LogP contribution in [0.2, 0.25) is 0 Å². The van der Waals surface area contributed by atoms with Crippen molar-refractivity contribution < 1.29 is 14.3 Å². The second kappa shape index (κ2) is 5.29. The average molecular weight is 300 g/mol. The lowest BCUT2D eigenvalue weighted by atomic mass is 9.50. The van der Waals surface area contributed by atoms with Crippen molar-refractivity contribution in [3.63, 3.8) is 0 Å². The van der Waals surface area contributed by atoms with Gasteiger partial charge in [-0.2, -0.15) is 0 Å². The summed E-state index contributed by atoms with van der Waals surface area (Å²) in [7, 11) is 1.61. The Kier molecular flexibility index (Phi) is 3.39. The summed E-state index contributed by atoms with van der Waals surface area (Å²) < 4.78 is 10.9. The standard InChI is InChI=1S/C19H24O3/c1-21-17-4-2-3-16(8-17)18(20)22-12-19-9-13-5-14(10-19)7-15(6-13)11-19/h2-4,8,13-15H,5-7,9-12H2,1H3. The van der Waals surface area contributed by atoms with Gasteiger partial charge < -0.3 is 9.47 Å². The molecule has 3 heteroatoms. The highest BCUT2D eigenvalue weighted by atomic mass is 16.5. The Bertz CT molecular complexity index is 543. The van der Waals surface area contributed by atoms with Gasteiger partial charge in [0.05, 0.1) is 19.3 Å². The van der Waals surface area contributed by atoms with Gasteiger partial charge in [-0.15, -0.1) is 0 Å². The van der Waals surface area contributed by atoms with Gasteiger partial charge in [0.1, 0.15) is 5.75 Å². The number of esters is 1. The number of benzene rings is 1. The molecule has 1 aromatic rings. The summed E-state index contributed by atoms with van der Waals surface area (Å²) in [5, 5.41) is 0. The van der Waals surface area contributed by atoms with Crippen LogP contribution in [0.15, 0.2) is 24.3 Å². The molecule has 5 rings (SSSR count). The zero-order valence-electron chi connectivity index (χ0n) is 13.2. The minimum atomic E-state index is -0.213. The molecule has 4 aliphatic rings. The molecule has 22 heavy (non-hydrogen) atoms. The summed E-state index contributed by atoms with van der Waals surface area (Å²) in [6.07, 6.45) is 8.06. The summed E-state index contributed by atoms with van der Waals surface area (Å²) in [6.45, 7) is 0.604.